The molecule has 3 heterocycles. The molecule has 4 rings (SSSR count). The van der Waals surface area contributed by atoms with E-state index in [1.54, 1.807) is 11.0 Å². The topological polar surface area (TPSA) is 130 Å². The van der Waals surface area contributed by atoms with Crippen molar-refractivity contribution in [2.24, 2.45) is 0 Å². The first-order valence-corrected chi connectivity index (χ1v) is 12.8. The molecule has 10 nitrogen and oxygen atoms in total. The normalized spacial score (nSPS) is 18.4. The lowest BCUT2D eigenvalue weighted by Crippen LogP contribution is -2.41. The number of anilines is 1. The number of hydrogen-bond donors (Lipinski definition) is 3. The van der Waals surface area contributed by atoms with Crippen LogP contribution in [-0.4, -0.2) is 64.0 Å². The van der Waals surface area contributed by atoms with Gasteiger partial charge in [0, 0.05) is 38.1 Å². The van der Waals surface area contributed by atoms with Crippen molar-refractivity contribution in [1.82, 2.24) is 20.1 Å². The third-order valence-corrected chi connectivity index (χ3v) is 7.48. The number of hydrogen-bond acceptors (Lipinski definition) is 8. The SMILES string of the molecule is C=C[C@@H](Nc1n[nH]c(=O)c2nc(OC)c(C3(OC)CCN(C(C)=O)C3)cc12)c1cccc(C(F)(F)C(C)(C)O)c1F. The summed E-state index contributed by atoms with van der Waals surface area (Å²) >= 11 is 0. The van der Waals surface area contributed by atoms with E-state index >= 15 is 4.39 Å². The molecular formula is C28H32F3N5O5. The first-order valence-electron chi connectivity index (χ1n) is 12.8. The maximum Gasteiger partial charge on any atom is 0.303 e. The van der Waals surface area contributed by atoms with Crippen molar-refractivity contribution in [2.45, 2.75) is 50.4 Å². The molecule has 0 radical (unpaired) electrons. The maximum absolute atomic E-state index is 15.5. The molecule has 1 saturated heterocycles. The molecule has 0 aliphatic carbocycles. The first kappa shape index (κ1) is 30.0. The summed E-state index contributed by atoms with van der Waals surface area (Å²) < 4.78 is 56.8. The number of halogens is 3. The zero-order chi connectivity index (χ0) is 30.3. The lowest BCUT2D eigenvalue weighted by atomic mass is 9.90. The number of pyridine rings is 1. The second-order valence-electron chi connectivity index (χ2n) is 10.4. The number of carbonyl (C=O) groups is 1. The number of fused-ring (bicyclic) bond motifs is 1. The minimum absolute atomic E-state index is 0.0487. The Kier molecular flexibility index (Phi) is 7.89. The van der Waals surface area contributed by atoms with Crippen LogP contribution in [0.2, 0.25) is 0 Å². The molecule has 220 valence electrons. The van der Waals surface area contributed by atoms with Gasteiger partial charge in [0.2, 0.25) is 11.8 Å². The average Bonchev–Trinajstić information content (AvgIpc) is 3.38. The van der Waals surface area contributed by atoms with E-state index in [0.717, 1.165) is 19.9 Å². The summed E-state index contributed by atoms with van der Waals surface area (Å²) in [6, 6.07) is 3.97. The molecule has 0 bridgehead atoms. The van der Waals surface area contributed by atoms with Crippen LogP contribution < -0.4 is 15.6 Å². The molecule has 0 spiro atoms. The Morgan fingerprint density at radius 2 is 2.05 bits per heavy atom. The van der Waals surface area contributed by atoms with Gasteiger partial charge in [-0.3, -0.25) is 9.59 Å². The Morgan fingerprint density at radius 1 is 1.34 bits per heavy atom. The van der Waals surface area contributed by atoms with Crippen molar-refractivity contribution in [3.05, 3.63) is 69.8 Å². The van der Waals surface area contributed by atoms with Crippen molar-refractivity contribution >= 4 is 22.6 Å². The van der Waals surface area contributed by atoms with Crippen LogP contribution in [0.3, 0.4) is 0 Å². The monoisotopic (exact) mass is 575 g/mol. The van der Waals surface area contributed by atoms with Crippen LogP contribution in [0.5, 0.6) is 5.88 Å². The van der Waals surface area contributed by atoms with E-state index in [0.29, 0.717) is 18.5 Å². The molecule has 2 aromatic heterocycles. The first-order chi connectivity index (χ1) is 19.2. The molecule has 2 atom stereocenters. The summed E-state index contributed by atoms with van der Waals surface area (Å²) in [6.07, 6.45) is 1.72. The van der Waals surface area contributed by atoms with Crippen LogP contribution in [0.1, 0.15) is 49.9 Å². The Hall–Kier alpha value is -3.97. The van der Waals surface area contributed by atoms with Gasteiger partial charge in [0.15, 0.2) is 5.82 Å². The van der Waals surface area contributed by atoms with Crippen LogP contribution in [0.4, 0.5) is 19.0 Å². The lowest BCUT2D eigenvalue weighted by molar-refractivity contribution is -0.170. The number of aliphatic hydroxyl groups is 1. The second kappa shape index (κ2) is 10.8. The van der Waals surface area contributed by atoms with E-state index in [2.05, 4.69) is 27.1 Å². The van der Waals surface area contributed by atoms with Crippen molar-refractivity contribution in [3.63, 3.8) is 0 Å². The van der Waals surface area contributed by atoms with Gasteiger partial charge in [-0.15, -0.1) is 6.58 Å². The minimum Gasteiger partial charge on any atom is -0.481 e. The highest BCUT2D eigenvalue weighted by Gasteiger charge is 2.49. The summed E-state index contributed by atoms with van der Waals surface area (Å²) in [7, 11) is 2.88. The van der Waals surface area contributed by atoms with E-state index in [1.165, 1.54) is 39.4 Å². The number of aromatic amines is 1. The van der Waals surface area contributed by atoms with E-state index in [4.69, 9.17) is 9.47 Å². The fraction of sp³-hybridized carbons (Fsp3) is 0.429. The summed E-state index contributed by atoms with van der Waals surface area (Å²) in [4.78, 5) is 30.8. The summed E-state index contributed by atoms with van der Waals surface area (Å²) in [5, 5.41) is 19.6. The summed E-state index contributed by atoms with van der Waals surface area (Å²) in [6.45, 7) is 7.59. The molecule has 1 fully saturated rings. The van der Waals surface area contributed by atoms with Gasteiger partial charge >= 0.3 is 5.92 Å². The van der Waals surface area contributed by atoms with E-state index in [9.17, 15) is 23.5 Å². The largest absolute Gasteiger partial charge is 0.481 e. The van der Waals surface area contributed by atoms with Crippen LogP contribution in [-0.2, 0) is 21.1 Å². The Balaban J connectivity index is 1.85. The van der Waals surface area contributed by atoms with Crippen LogP contribution in [0, 0.1) is 5.82 Å². The number of amides is 1. The number of rotatable bonds is 9. The molecule has 3 N–H and O–H groups in total. The molecule has 1 aromatic carbocycles. The molecule has 0 saturated carbocycles. The molecule has 1 aliphatic heterocycles. The fourth-order valence-corrected chi connectivity index (χ4v) is 4.98. The van der Waals surface area contributed by atoms with Gasteiger partial charge in [0.25, 0.3) is 5.56 Å². The number of ether oxygens (including phenoxy) is 2. The minimum atomic E-state index is -3.90. The highest BCUT2D eigenvalue weighted by Crippen LogP contribution is 2.43. The number of nitrogens with one attached hydrogen (secondary N) is 2. The Bertz CT molecular complexity index is 1550. The van der Waals surface area contributed by atoms with Gasteiger partial charge in [-0.25, -0.2) is 14.5 Å². The number of carbonyl (C=O) groups excluding carboxylic acids is 1. The maximum atomic E-state index is 15.5. The molecule has 1 aliphatic rings. The number of methoxy groups -OCH3 is 2. The van der Waals surface area contributed by atoms with Gasteiger partial charge in [0.1, 0.15) is 22.5 Å². The van der Waals surface area contributed by atoms with Gasteiger partial charge < -0.3 is 24.8 Å². The van der Waals surface area contributed by atoms with Crippen molar-refractivity contribution in [1.29, 1.82) is 0 Å². The molecule has 1 amide bonds. The number of H-pyrrole nitrogens is 1. The number of nitrogens with zero attached hydrogens (tertiary/aromatic N) is 3. The third-order valence-electron chi connectivity index (χ3n) is 7.48. The van der Waals surface area contributed by atoms with Gasteiger partial charge in [-0.05, 0) is 26.0 Å². The van der Waals surface area contributed by atoms with E-state index in [-0.39, 0.29) is 40.6 Å². The quantitative estimate of drug-likeness (QED) is 0.329. The number of benzene rings is 1. The zero-order valence-corrected chi connectivity index (χ0v) is 23.3. The van der Waals surface area contributed by atoms with Crippen LogP contribution in [0.25, 0.3) is 10.9 Å². The predicted octanol–water partition coefficient (Wildman–Crippen LogP) is 3.76. The third kappa shape index (κ3) is 5.15. The Labute approximate surface area is 234 Å². The molecule has 1 unspecified atom stereocenters. The average molecular weight is 576 g/mol. The highest BCUT2D eigenvalue weighted by molar-refractivity contribution is 5.90. The predicted molar refractivity (Wildman–Crippen MR) is 145 cm³/mol. The Morgan fingerprint density at radius 3 is 2.61 bits per heavy atom. The van der Waals surface area contributed by atoms with Gasteiger partial charge in [-0.2, -0.15) is 13.9 Å². The number of aromatic nitrogens is 3. The molecular weight excluding hydrogens is 543 g/mol. The summed E-state index contributed by atoms with van der Waals surface area (Å²) in [5.74, 6) is -5.11. The second-order valence-corrected chi connectivity index (χ2v) is 10.4. The van der Waals surface area contributed by atoms with Crippen molar-refractivity contribution < 1.29 is 32.5 Å². The van der Waals surface area contributed by atoms with Gasteiger partial charge in [-0.1, -0.05) is 18.2 Å². The molecule has 13 heteroatoms. The molecule has 3 aromatic rings. The van der Waals surface area contributed by atoms with Crippen LogP contribution >= 0.6 is 0 Å². The lowest BCUT2D eigenvalue weighted by Gasteiger charge is -2.30. The standard InChI is InChI=1S/C28H32F3N5O5/c1-7-20(16-9-8-10-18(21(16)29)28(30,31)26(3,4)39)32-23-17-13-19(25(40-5)33-22(17)24(38)35-34-23)27(41-6)11-12-36(14-27)15(2)37/h7-10,13,20,39H,1,11-12,14H2,2-6H3,(H,32,34)(H,35,38)/t20-,27?/m1/s1. The fourth-order valence-electron chi connectivity index (χ4n) is 4.98. The van der Waals surface area contributed by atoms with E-state index in [1.807, 2.05) is 0 Å². The smallest absolute Gasteiger partial charge is 0.303 e. The van der Waals surface area contributed by atoms with Crippen molar-refractivity contribution in [3.8, 4) is 5.88 Å². The number of alkyl halides is 2. The van der Waals surface area contributed by atoms with E-state index < -0.39 is 40.1 Å². The zero-order valence-electron chi connectivity index (χ0n) is 23.3. The molecule has 41 heavy (non-hydrogen) atoms. The van der Waals surface area contributed by atoms with Crippen LogP contribution in [0.15, 0.2) is 41.7 Å². The van der Waals surface area contributed by atoms with Crippen molar-refractivity contribution in [2.75, 3.05) is 32.6 Å². The highest BCUT2D eigenvalue weighted by atomic mass is 19.3. The number of likely N-dealkylation sites (tertiary alicyclic amines) is 1. The summed E-state index contributed by atoms with van der Waals surface area (Å²) in [5.41, 5.74) is -4.93. The van der Waals surface area contributed by atoms with Gasteiger partial charge in [0.05, 0.1) is 30.6 Å².